The van der Waals surface area contributed by atoms with Crippen molar-refractivity contribution >= 4 is 17.5 Å². The van der Waals surface area contributed by atoms with E-state index < -0.39 is 5.82 Å². The Labute approximate surface area is 99.8 Å². The molecule has 1 amide bonds. The molecule has 1 aromatic rings. The molecule has 16 heavy (non-hydrogen) atoms. The van der Waals surface area contributed by atoms with E-state index in [1.807, 2.05) is 13.8 Å². The van der Waals surface area contributed by atoms with Gasteiger partial charge in [-0.3, -0.25) is 4.79 Å². The second-order valence-corrected chi connectivity index (χ2v) is 4.67. The fourth-order valence-electron chi connectivity index (χ4n) is 1.31. The van der Waals surface area contributed by atoms with E-state index in [2.05, 4.69) is 5.32 Å². The molecule has 0 aliphatic rings. The van der Waals surface area contributed by atoms with Crippen molar-refractivity contribution in [3.05, 3.63) is 35.6 Å². The van der Waals surface area contributed by atoms with Crippen LogP contribution in [0.1, 0.15) is 30.6 Å². The second kappa shape index (κ2) is 5.30. The monoisotopic (exact) mass is 243 g/mol. The molecule has 4 heteroatoms. The van der Waals surface area contributed by atoms with Crippen LogP contribution in [-0.2, 0) is 0 Å². The van der Waals surface area contributed by atoms with E-state index >= 15 is 0 Å². The quantitative estimate of drug-likeness (QED) is 0.810. The summed E-state index contributed by atoms with van der Waals surface area (Å²) in [5.74, 6) is -0.228. The third-order valence-electron chi connectivity index (χ3n) is 2.26. The van der Waals surface area contributed by atoms with Crippen LogP contribution >= 0.6 is 11.6 Å². The molecule has 0 heterocycles. The largest absolute Gasteiger partial charge is 0.347 e. The average Bonchev–Trinajstić information content (AvgIpc) is 2.16. The molecule has 0 fully saturated rings. The SMILES string of the molecule is CC(C)(CCCl)NC(=O)c1cccc(F)c1. The highest BCUT2D eigenvalue weighted by Crippen LogP contribution is 2.11. The summed E-state index contributed by atoms with van der Waals surface area (Å²) in [6, 6.07) is 5.61. The zero-order chi connectivity index (χ0) is 12.2. The van der Waals surface area contributed by atoms with Gasteiger partial charge in [-0.2, -0.15) is 0 Å². The molecule has 0 aliphatic carbocycles. The molecule has 0 aromatic heterocycles. The fourth-order valence-corrected chi connectivity index (χ4v) is 1.78. The maximum atomic E-state index is 12.9. The number of nitrogens with one attached hydrogen (secondary N) is 1. The van der Waals surface area contributed by atoms with Crippen LogP contribution in [0.3, 0.4) is 0 Å². The fraction of sp³-hybridized carbons (Fsp3) is 0.417. The number of carbonyl (C=O) groups excluding carboxylic acids is 1. The second-order valence-electron chi connectivity index (χ2n) is 4.29. The molecule has 0 unspecified atom stereocenters. The number of hydrogen-bond acceptors (Lipinski definition) is 1. The summed E-state index contributed by atoms with van der Waals surface area (Å²) < 4.78 is 12.9. The Morgan fingerprint density at radius 2 is 2.19 bits per heavy atom. The number of amides is 1. The van der Waals surface area contributed by atoms with E-state index in [0.717, 1.165) is 0 Å². The van der Waals surface area contributed by atoms with Crippen LogP contribution in [0.2, 0.25) is 0 Å². The minimum Gasteiger partial charge on any atom is -0.347 e. The molecule has 0 atom stereocenters. The smallest absolute Gasteiger partial charge is 0.251 e. The lowest BCUT2D eigenvalue weighted by molar-refractivity contribution is 0.0911. The molecular weight excluding hydrogens is 229 g/mol. The summed E-state index contributed by atoms with van der Waals surface area (Å²) in [6.45, 7) is 3.76. The summed E-state index contributed by atoms with van der Waals surface area (Å²) in [7, 11) is 0. The molecule has 0 radical (unpaired) electrons. The first-order valence-corrected chi connectivity index (χ1v) is 5.62. The minimum atomic E-state index is -0.414. The zero-order valence-corrected chi connectivity index (χ0v) is 10.1. The first-order chi connectivity index (χ1) is 7.44. The van der Waals surface area contributed by atoms with Crippen molar-refractivity contribution in [2.75, 3.05) is 5.88 Å². The van der Waals surface area contributed by atoms with Gasteiger partial charge >= 0.3 is 0 Å². The molecule has 1 rings (SSSR count). The molecule has 2 nitrogen and oxygen atoms in total. The Hall–Kier alpha value is -1.09. The van der Waals surface area contributed by atoms with Gasteiger partial charge in [0.1, 0.15) is 5.82 Å². The highest BCUT2D eigenvalue weighted by atomic mass is 35.5. The van der Waals surface area contributed by atoms with Gasteiger partial charge in [-0.05, 0) is 38.5 Å². The highest BCUT2D eigenvalue weighted by Gasteiger charge is 2.20. The van der Waals surface area contributed by atoms with Crippen molar-refractivity contribution in [3.8, 4) is 0 Å². The average molecular weight is 244 g/mol. The van der Waals surface area contributed by atoms with Gasteiger partial charge in [0.15, 0.2) is 0 Å². The Kier molecular flexibility index (Phi) is 4.30. The van der Waals surface area contributed by atoms with Gasteiger partial charge in [-0.15, -0.1) is 11.6 Å². The standard InChI is InChI=1S/C12H15ClFNO/c1-12(2,6-7-13)15-11(16)9-4-3-5-10(14)8-9/h3-5,8H,6-7H2,1-2H3,(H,15,16). The minimum absolute atomic E-state index is 0.283. The Bertz CT molecular complexity index is 379. The van der Waals surface area contributed by atoms with Crippen LogP contribution in [0, 0.1) is 5.82 Å². The maximum Gasteiger partial charge on any atom is 0.251 e. The van der Waals surface area contributed by atoms with Crippen molar-refractivity contribution in [2.45, 2.75) is 25.8 Å². The molecule has 1 N–H and O–H groups in total. The van der Waals surface area contributed by atoms with Gasteiger partial charge in [0, 0.05) is 17.0 Å². The third-order valence-corrected chi connectivity index (χ3v) is 2.45. The van der Waals surface area contributed by atoms with Crippen molar-refractivity contribution < 1.29 is 9.18 Å². The molecule has 0 spiro atoms. The molecule has 1 aromatic carbocycles. The number of hydrogen-bond donors (Lipinski definition) is 1. The molecule has 0 saturated carbocycles. The number of benzene rings is 1. The summed E-state index contributed by atoms with van der Waals surface area (Å²) >= 11 is 5.63. The van der Waals surface area contributed by atoms with Gasteiger partial charge in [-0.1, -0.05) is 6.07 Å². The van der Waals surface area contributed by atoms with Crippen LogP contribution in [0.5, 0.6) is 0 Å². The van der Waals surface area contributed by atoms with E-state index in [1.54, 1.807) is 6.07 Å². The summed E-state index contributed by atoms with van der Waals surface area (Å²) in [4.78, 5) is 11.8. The highest BCUT2D eigenvalue weighted by molar-refractivity contribution is 6.17. The van der Waals surface area contributed by atoms with E-state index in [1.165, 1.54) is 18.2 Å². The zero-order valence-electron chi connectivity index (χ0n) is 9.39. The summed E-state index contributed by atoms with van der Waals surface area (Å²) in [5, 5.41) is 2.81. The molecule has 0 saturated heterocycles. The Morgan fingerprint density at radius 1 is 1.50 bits per heavy atom. The summed E-state index contributed by atoms with van der Waals surface area (Å²) in [5.41, 5.74) is -0.0619. The predicted octanol–water partition coefficient (Wildman–Crippen LogP) is 2.96. The van der Waals surface area contributed by atoms with Crippen LogP contribution in [0.25, 0.3) is 0 Å². The van der Waals surface area contributed by atoms with Crippen molar-refractivity contribution in [1.29, 1.82) is 0 Å². The molecular formula is C12H15ClFNO. The normalized spacial score (nSPS) is 11.2. The first kappa shape index (κ1) is 13.0. The summed E-state index contributed by atoms with van der Waals surface area (Å²) in [6.07, 6.45) is 0.662. The van der Waals surface area contributed by atoms with Gasteiger partial charge in [0.25, 0.3) is 5.91 Å². The Morgan fingerprint density at radius 3 is 2.75 bits per heavy atom. The van der Waals surface area contributed by atoms with Crippen LogP contribution < -0.4 is 5.32 Å². The predicted molar refractivity (Wildman–Crippen MR) is 63.3 cm³/mol. The van der Waals surface area contributed by atoms with E-state index in [9.17, 15) is 9.18 Å². The maximum absolute atomic E-state index is 12.9. The lowest BCUT2D eigenvalue weighted by atomic mass is 10.0. The van der Waals surface area contributed by atoms with Gasteiger partial charge in [0.2, 0.25) is 0 Å². The topological polar surface area (TPSA) is 29.1 Å². The van der Waals surface area contributed by atoms with Crippen LogP contribution in [0.4, 0.5) is 4.39 Å². The van der Waals surface area contributed by atoms with E-state index in [0.29, 0.717) is 17.9 Å². The van der Waals surface area contributed by atoms with Gasteiger partial charge in [0.05, 0.1) is 0 Å². The van der Waals surface area contributed by atoms with Crippen molar-refractivity contribution in [1.82, 2.24) is 5.32 Å². The van der Waals surface area contributed by atoms with Crippen LogP contribution in [-0.4, -0.2) is 17.3 Å². The van der Waals surface area contributed by atoms with E-state index in [4.69, 9.17) is 11.6 Å². The van der Waals surface area contributed by atoms with Gasteiger partial charge < -0.3 is 5.32 Å². The van der Waals surface area contributed by atoms with Gasteiger partial charge in [-0.25, -0.2) is 4.39 Å². The molecule has 88 valence electrons. The lowest BCUT2D eigenvalue weighted by Gasteiger charge is -2.25. The third kappa shape index (κ3) is 3.81. The molecule has 0 aliphatic heterocycles. The van der Waals surface area contributed by atoms with Crippen LogP contribution in [0.15, 0.2) is 24.3 Å². The number of alkyl halides is 1. The van der Waals surface area contributed by atoms with E-state index in [-0.39, 0.29) is 11.4 Å². The first-order valence-electron chi connectivity index (χ1n) is 5.09. The Balaban J connectivity index is 2.72. The number of carbonyl (C=O) groups is 1. The number of halogens is 2. The number of rotatable bonds is 4. The lowest BCUT2D eigenvalue weighted by Crippen LogP contribution is -2.43. The molecule has 0 bridgehead atoms. The van der Waals surface area contributed by atoms with Crippen molar-refractivity contribution in [2.24, 2.45) is 0 Å². The van der Waals surface area contributed by atoms with Crippen molar-refractivity contribution in [3.63, 3.8) is 0 Å².